The van der Waals surface area contributed by atoms with Crippen molar-refractivity contribution in [1.29, 1.82) is 0 Å². The molecule has 0 atom stereocenters. The molecule has 0 saturated carbocycles. The van der Waals surface area contributed by atoms with E-state index in [1.807, 2.05) is 48.7 Å². The normalized spacial score (nSPS) is 10.6. The van der Waals surface area contributed by atoms with E-state index in [-0.39, 0.29) is 17.0 Å². The minimum atomic E-state index is -0.754. The fourth-order valence-corrected chi connectivity index (χ4v) is 2.91. The maximum absolute atomic E-state index is 12.6. The van der Waals surface area contributed by atoms with Gasteiger partial charge in [0.25, 0.3) is 5.56 Å². The zero-order chi connectivity index (χ0) is 19.6. The van der Waals surface area contributed by atoms with E-state index in [2.05, 4.69) is 5.10 Å². The number of nitrogens with zero attached hydrogens (tertiary/aromatic N) is 3. The van der Waals surface area contributed by atoms with Crippen molar-refractivity contribution in [2.24, 2.45) is 7.05 Å². The molecule has 0 spiro atoms. The van der Waals surface area contributed by atoms with E-state index in [1.165, 1.54) is 19.2 Å². The predicted octanol–water partition coefficient (Wildman–Crippen LogP) is 2.23. The van der Waals surface area contributed by atoms with Crippen LogP contribution in [0.15, 0.2) is 53.3 Å². The molecule has 2 aromatic heterocycles. The molecule has 0 unspecified atom stereocenters. The lowest BCUT2D eigenvalue weighted by Crippen LogP contribution is -2.23. The third kappa shape index (κ3) is 3.72. The van der Waals surface area contributed by atoms with Crippen LogP contribution in [0.2, 0.25) is 0 Å². The highest BCUT2D eigenvalue weighted by molar-refractivity contribution is 6.00. The van der Waals surface area contributed by atoms with Gasteiger partial charge in [-0.15, -0.1) is 0 Å². The van der Waals surface area contributed by atoms with Crippen LogP contribution in [0, 0.1) is 13.8 Å². The highest BCUT2D eigenvalue weighted by Gasteiger charge is 2.19. The van der Waals surface area contributed by atoms with Crippen molar-refractivity contribution >= 4 is 11.8 Å². The molecule has 2 heterocycles. The molecule has 0 aliphatic carbocycles. The molecule has 3 rings (SSSR count). The number of rotatable bonds is 5. The van der Waals surface area contributed by atoms with Gasteiger partial charge < -0.3 is 9.30 Å². The van der Waals surface area contributed by atoms with Crippen molar-refractivity contribution in [3.8, 4) is 5.69 Å². The molecule has 0 aliphatic rings. The molecule has 0 aliphatic heterocycles. The molecular formula is C20H19N3O4. The fourth-order valence-electron chi connectivity index (χ4n) is 2.91. The zero-order valence-electron chi connectivity index (χ0n) is 15.3. The van der Waals surface area contributed by atoms with Crippen molar-refractivity contribution in [2.75, 3.05) is 6.61 Å². The molecule has 1 aromatic carbocycles. The number of aromatic nitrogens is 3. The second-order valence-corrected chi connectivity index (χ2v) is 6.14. The molecule has 7 heteroatoms. The van der Waals surface area contributed by atoms with Crippen LogP contribution >= 0.6 is 0 Å². The third-order valence-corrected chi connectivity index (χ3v) is 4.25. The Labute approximate surface area is 155 Å². The Morgan fingerprint density at radius 1 is 1.07 bits per heavy atom. The second kappa shape index (κ2) is 7.41. The molecule has 3 aromatic rings. The van der Waals surface area contributed by atoms with Crippen LogP contribution in [0.5, 0.6) is 0 Å². The van der Waals surface area contributed by atoms with E-state index in [0.717, 1.165) is 21.8 Å². The van der Waals surface area contributed by atoms with Gasteiger partial charge in [0.1, 0.15) is 0 Å². The zero-order valence-corrected chi connectivity index (χ0v) is 15.3. The smallest absolute Gasteiger partial charge is 0.359 e. The molecule has 7 nitrogen and oxygen atoms in total. The number of carbonyl (C=O) groups is 2. The number of benzene rings is 1. The van der Waals surface area contributed by atoms with Crippen LogP contribution in [0.4, 0.5) is 0 Å². The molecule has 27 heavy (non-hydrogen) atoms. The van der Waals surface area contributed by atoms with E-state index in [1.54, 1.807) is 6.07 Å². The average molecular weight is 365 g/mol. The van der Waals surface area contributed by atoms with Crippen LogP contribution in [-0.4, -0.2) is 32.7 Å². The van der Waals surface area contributed by atoms with Gasteiger partial charge in [0.05, 0.1) is 0 Å². The highest BCUT2D eigenvalue weighted by atomic mass is 16.5. The standard InChI is InChI=1S/C20H19N3O4/c1-13-11-16(14(2)23(13)15-7-5-4-6-8-15)18(24)12-27-20(26)17-9-10-19(25)22(3)21-17/h4-11H,12H2,1-3H3. The number of hydrogen-bond acceptors (Lipinski definition) is 5. The van der Waals surface area contributed by atoms with Crippen LogP contribution in [0.25, 0.3) is 5.69 Å². The van der Waals surface area contributed by atoms with Crippen molar-refractivity contribution < 1.29 is 14.3 Å². The van der Waals surface area contributed by atoms with Crippen LogP contribution < -0.4 is 5.56 Å². The summed E-state index contributed by atoms with van der Waals surface area (Å²) >= 11 is 0. The van der Waals surface area contributed by atoms with Crippen LogP contribution in [0.1, 0.15) is 32.2 Å². The lowest BCUT2D eigenvalue weighted by atomic mass is 10.1. The second-order valence-electron chi connectivity index (χ2n) is 6.14. The minimum absolute atomic E-state index is 0.0281. The summed E-state index contributed by atoms with van der Waals surface area (Å²) in [5, 5.41) is 3.81. The fraction of sp³-hybridized carbons (Fsp3) is 0.200. The van der Waals surface area contributed by atoms with Gasteiger partial charge in [0, 0.05) is 35.8 Å². The van der Waals surface area contributed by atoms with Gasteiger partial charge in [-0.25, -0.2) is 9.48 Å². The number of Topliss-reactive ketones (excluding diaryl/α,β-unsaturated/α-hetero) is 1. The molecule has 0 bridgehead atoms. The van der Waals surface area contributed by atoms with E-state index >= 15 is 0 Å². The van der Waals surface area contributed by atoms with Gasteiger partial charge in [-0.1, -0.05) is 18.2 Å². The Kier molecular flexibility index (Phi) is 5.03. The monoisotopic (exact) mass is 365 g/mol. The molecule has 0 N–H and O–H groups in total. The molecular weight excluding hydrogens is 346 g/mol. The average Bonchev–Trinajstić information content (AvgIpc) is 2.96. The van der Waals surface area contributed by atoms with Gasteiger partial charge in [-0.05, 0) is 38.1 Å². The Morgan fingerprint density at radius 2 is 1.78 bits per heavy atom. The van der Waals surface area contributed by atoms with Crippen LogP contribution in [-0.2, 0) is 11.8 Å². The third-order valence-electron chi connectivity index (χ3n) is 4.25. The molecule has 0 fully saturated rings. The van der Waals surface area contributed by atoms with Crippen molar-refractivity contribution in [1.82, 2.24) is 14.3 Å². The van der Waals surface area contributed by atoms with Gasteiger partial charge in [0.2, 0.25) is 5.78 Å². The lowest BCUT2D eigenvalue weighted by molar-refractivity contribution is 0.0466. The Morgan fingerprint density at radius 3 is 2.44 bits per heavy atom. The summed E-state index contributed by atoms with van der Waals surface area (Å²) < 4.78 is 8.08. The number of ketones is 1. The van der Waals surface area contributed by atoms with Gasteiger partial charge in [0.15, 0.2) is 12.3 Å². The highest BCUT2D eigenvalue weighted by Crippen LogP contribution is 2.21. The molecule has 0 saturated heterocycles. The predicted molar refractivity (Wildman–Crippen MR) is 99.3 cm³/mol. The van der Waals surface area contributed by atoms with E-state index < -0.39 is 12.6 Å². The van der Waals surface area contributed by atoms with E-state index in [0.29, 0.717) is 5.56 Å². The van der Waals surface area contributed by atoms with Gasteiger partial charge in [-0.3, -0.25) is 9.59 Å². The molecule has 0 amide bonds. The SMILES string of the molecule is Cc1cc(C(=O)COC(=O)c2ccc(=O)n(C)n2)c(C)n1-c1ccccc1. The molecule has 0 radical (unpaired) electrons. The first-order valence-corrected chi connectivity index (χ1v) is 8.37. The van der Waals surface area contributed by atoms with Crippen molar-refractivity contribution in [2.45, 2.75) is 13.8 Å². The maximum atomic E-state index is 12.6. The molecule has 138 valence electrons. The quantitative estimate of drug-likeness (QED) is 0.511. The first kappa shape index (κ1) is 18.3. The number of esters is 1. The summed E-state index contributed by atoms with van der Waals surface area (Å²) in [7, 11) is 1.43. The summed E-state index contributed by atoms with van der Waals surface area (Å²) in [5.41, 5.74) is 2.78. The van der Waals surface area contributed by atoms with Crippen molar-refractivity contribution in [3.05, 3.63) is 81.5 Å². The maximum Gasteiger partial charge on any atom is 0.359 e. The first-order valence-electron chi connectivity index (χ1n) is 8.37. The summed E-state index contributed by atoms with van der Waals surface area (Å²) in [4.78, 5) is 35.9. The number of aryl methyl sites for hydroxylation is 2. The van der Waals surface area contributed by atoms with Crippen LogP contribution in [0.3, 0.4) is 0 Å². The lowest BCUT2D eigenvalue weighted by Gasteiger charge is -2.09. The Hall–Kier alpha value is -3.48. The van der Waals surface area contributed by atoms with Crippen molar-refractivity contribution in [3.63, 3.8) is 0 Å². The number of ether oxygens (including phenoxy) is 1. The number of hydrogen-bond donors (Lipinski definition) is 0. The number of para-hydroxylation sites is 1. The summed E-state index contributed by atoms with van der Waals surface area (Å²) in [6, 6.07) is 14.0. The largest absolute Gasteiger partial charge is 0.453 e. The first-order chi connectivity index (χ1) is 12.9. The summed E-state index contributed by atoms with van der Waals surface area (Å²) in [6.45, 7) is 3.36. The summed E-state index contributed by atoms with van der Waals surface area (Å²) in [5.74, 6) is -1.06. The van der Waals surface area contributed by atoms with E-state index in [4.69, 9.17) is 4.74 Å². The topological polar surface area (TPSA) is 83.2 Å². The minimum Gasteiger partial charge on any atom is -0.453 e. The Balaban J connectivity index is 1.76. The van der Waals surface area contributed by atoms with E-state index in [9.17, 15) is 14.4 Å². The van der Waals surface area contributed by atoms with Gasteiger partial charge >= 0.3 is 5.97 Å². The summed E-state index contributed by atoms with van der Waals surface area (Å²) in [6.07, 6.45) is 0. The number of carbonyl (C=O) groups excluding carboxylic acids is 2. The van der Waals surface area contributed by atoms with Gasteiger partial charge in [-0.2, -0.15) is 5.10 Å². The Bertz CT molecular complexity index is 1060.